The maximum atomic E-state index is 13.5. The van der Waals surface area contributed by atoms with Crippen molar-refractivity contribution in [3.8, 4) is 0 Å². The number of nitrogens with one attached hydrogen (secondary N) is 2. The Labute approximate surface area is 167 Å². The van der Waals surface area contributed by atoms with Crippen molar-refractivity contribution in [3.05, 3.63) is 71.1 Å². The Balaban J connectivity index is 1.84. The Bertz CT molecular complexity index is 1160. The van der Waals surface area contributed by atoms with Gasteiger partial charge in [0.2, 0.25) is 5.89 Å². The van der Waals surface area contributed by atoms with E-state index < -0.39 is 27.8 Å². The lowest BCUT2D eigenvalue weighted by Crippen LogP contribution is -2.28. The van der Waals surface area contributed by atoms with E-state index in [0.717, 1.165) is 12.1 Å². The molecule has 3 rings (SSSR count). The smallest absolute Gasteiger partial charge is 0.261 e. The molecule has 2 N–H and O–H groups in total. The summed E-state index contributed by atoms with van der Waals surface area (Å²) < 4.78 is 46.3. The van der Waals surface area contributed by atoms with Gasteiger partial charge in [0.15, 0.2) is 5.82 Å². The van der Waals surface area contributed by atoms with E-state index in [-0.39, 0.29) is 27.6 Å². The average molecular weight is 418 g/mol. The van der Waals surface area contributed by atoms with Crippen LogP contribution in [0.4, 0.5) is 10.1 Å². The molecule has 8 nitrogen and oxygen atoms in total. The Morgan fingerprint density at radius 2 is 1.90 bits per heavy atom. The van der Waals surface area contributed by atoms with Gasteiger partial charge in [0.1, 0.15) is 11.9 Å². The summed E-state index contributed by atoms with van der Waals surface area (Å²) in [6.07, 6.45) is 0. The second-order valence-electron chi connectivity index (χ2n) is 6.44. The number of aromatic nitrogens is 2. The van der Waals surface area contributed by atoms with E-state index in [9.17, 15) is 17.6 Å². The molecule has 0 aliphatic heterocycles. The zero-order chi connectivity index (χ0) is 21.2. The largest absolute Gasteiger partial charge is 0.340 e. The molecule has 0 saturated carbocycles. The molecule has 0 radical (unpaired) electrons. The molecule has 29 heavy (non-hydrogen) atoms. The zero-order valence-electron chi connectivity index (χ0n) is 15.9. The number of nitrogens with zero attached hydrogens (tertiary/aromatic N) is 2. The Kier molecular flexibility index (Phi) is 5.64. The summed E-state index contributed by atoms with van der Waals surface area (Å²) >= 11 is 0. The van der Waals surface area contributed by atoms with Crippen LogP contribution in [0.5, 0.6) is 0 Å². The van der Waals surface area contributed by atoms with Gasteiger partial charge >= 0.3 is 0 Å². The van der Waals surface area contributed by atoms with Crippen LogP contribution in [0.2, 0.25) is 0 Å². The van der Waals surface area contributed by atoms with E-state index >= 15 is 0 Å². The van der Waals surface area contributed by atoms with Gasteiger partial charge in [-0.3, -0.25) is 9.52 Å². The number of carbonyl (C=O) groups excluding carboxylic acids is 1. The summed E-state index contributed by atoms with van der Waals surface area (Å²) in [6.45, 7) is 4.79. The van der Waals surface area contributed by atoms with Gasteiger partial charge in [-0.2, -0.15) is 4.98 Å². The molecular weight excluding hydrogens is 399 g/mol. The predicted molar refractivity (Wildman–Crippen MR) is 103 cm³/mol. The molecule has 0 fully saturated rings. The third-order valence-corrected chi connectivity index (χ3v) is 5.48. The van der Waals surface area contributed by atoms with Crippen LogP contribution in [0.3, 0.4) is 0 Å². The standard InChI is InChI=1S/C19H19FN4O4S/c1-11-10-14(8-9-16(11)20)29(26,27)24-17-7-5-4-6-15(17)18(25)21-12(2)19-22-13(3)23-28-19/h4-10,12,24H,1-3H3,(H,21,25). The number of sulfonamides is 1. The Morgan fingerprint density at radius 1 is 1.17 bits per heavy atom. The molecule has 1 atom stereocenters. The quantitative estimate of drug-likeness (QED) is 0.636. The Morgan fingerprint density at radius 3 is 2.55 bits per heavy atom. The second kappa shape index (κ2) is 8.00. The molecule has 152 valence electrons. The molecule has 0 saturated heterocycles. The van der Waals surface area contributed by atoms with Gasteiger partial charge in [0.05, 0.1) is 16.1 Å². The lowest BCUT2D eigenvalue weighted by molar-refractivity contribution is 0.0933. The van der Waals surface area contributed by atoms with Crippen molar-refractivity contribution in [1.29, 1.82) is 0 Å². The van der Waals surface area contributed by atoms with Crippen LogP contribution in [-0.2, 0) is 10.0 Å². The van der Waals surface area contributed by atoms with Crippen molar-refractivity contribution in [2.45, 2.75) is 31.7 Å². The SMILES string of the molecule is Cc1noc(C(C)NC(=O)c2ccccc2NS(=O)(=O)c2ccc(F)c(C)c2)n1. The lowest BCUT2D eigenvalue weighted by Gasteiger charge is -2.15. The minimum atomic E-state index is -4.02. The maximum absolute atomic E-state index is 13.5. The molecule has 2 aromatic carbocycles. The number of rotatable bonds is 6. The summed E-state index contributed by atoms with van der Waals surface area (Å²) in [5.41, 5.74) is 0.390. The highest BCUT2D eigenvalue weighted by atomic mass is 32.2. The number of anilines is 1. The highest BCUT2D eigenvalue weighted by Gasteiger charge is 2.22. The van der Waals surface area contributed by atoms with Crippen molar-refractivity contribution >= 4 is 21.6 Å². The van der Waals surface area contributed by atoms with Gasteiger partial charge in [-0.15, -0.1) is 0 Å². The topological polar surface area (TPSA) is 114 Å². The van der Waals surface area contributed by atoms with E-state index in [1.165, 1.54) is 25.1 Å². The summed E-state index contributed by atoms with van der Waals surface area (Å²) in [5.74, 6) is -0.365. The number of carbonyl (C=O) groups is 1. The molecule has 0 aliphatic rings. The fourth-order valence-corrected chi connectivity index (χ4v) is 3.75. The number of halogens is 1. The van der Waals surface area contributed by atoms with Crippen LogP contribution in [-0.4, -0.2) is 24.5 Å². The minimum Gasteiger partial charge on any atom is -0.340 e. The Hall–Kier alpha value is -3.27. The first-order chi connectivity index (χ1) is 13.7. The normalized spacial score (nSPS) is 12.4. The van der Waals surface area contributed by atoms with Crippen LogP contribution in [0.25, 0.3) is 0 Å². The number of para-hydroxylation sites is 1. The third-order valence-electron chi connectivity index (χ3n) is 4.12. The molecule has 1 heterocycles. The third kappa shape index (κ3) is 4.60. The number of aryl methyl sites for hydroxylation is 2. The van der Waals surface area contributed by atoms with Crippen molar-refractivity contribution in [3.63, 3.8) is 0 Å². The molecule has 1 amide bonds. The molecule has 0 aliphatic carbocycles. The number of hydrogen-bond acceptors (Lipinski definition) is 6. The number of hydrogen-bond donors (Lipinski definition) is 2. The summed E-state index contributed by atoms with van der Waals surface area (Å²) in [5, 5.41) is 6.36. The maximum Gasteiger partial charge on any atom is 0.261 e. The molecule has 3 aromatic rings. The first kappa shape index (κ1) is 20.5. The van der Waals surface area contributed by atoms with Gasteiger partial charge in [-0.1, -0.05) is 17.3 Å². The molecule has 0 spiro atoms. The van der Waals surface area contributed by atoms with E-state index in [1.54, 1.807) is 26.0 Å². The van der Waals surface area contributed by atoms with Crippen LogP contribution >= 0.6 is 0 Å². The molecule has 10 heteroatoms. The van der Waals surface area contributed by atoms with Crippen LogP contribution in [0, 0.1) is 19.7 Å². The number of benzene rings is 2. The predicted octanol–water partition coefficient (Wildman–Crippen LogP) is 3.12. The first-order valence-corrected chi connectivity index (χ1v) is 10.1. The van der Waals surface area contributed by atoms with Gasteiger partial charge in [0, 0.05) is 0 Å². The van der Waals surface area contributed by atoms with E-state index in [0.29, 0.717) is 5.82 Å². The minimum absolute atomic E-state index is 0.0842. The van der Waals surface area contributed by atoms with Crippen molar-refractivity contribution in [2.75, 3.05) is 4.72 Å². The van der Waals surface area contributed by atoms with Crippen molar-refractivity contribution in [2.24, 2.45) is 0 Å². The fourth-order valence-electron chi connectivity index (χ4n) is 2.58. The molecule has 1 unspecified atom stereocenters. The molecular formula is C19H19FN4O4S. The summed E-state index contributed by atoms with van der Waals surface area (Å²) in [6, 6.07) is 9.03. The van der Waals surface area contributed by atoms with Gasteiger partial charge in [-0.05, 0) is 56.7 Å². The lowest BCUT2D eigenvalue weighted by atomic mass is 10.1. The van der Waals surface area contributed by atoms with Crippen LogP contribution in [0.1, 0.15) is 40.6 Å². The van der Waals surface area contributed by atoms with Crippen molar-refractivity contribution < 1.29 is 22.1 Å². The van der Waals surface area contributed by atoms with E-state index in [2.05, 4.69) is 20.2 Å². The second-order valence-corrected chi connectivity index (χ2v) is 8.12. The molecule has 1 aromatic heterocycles. The van der Waals surface area contributed by atoms with Gasteiger partial charge in [-0.25, -0.2) is 12.8 Å². The summed E-state index contributed by atoms with van der Waals surface area (Å²) in [4.78, 5) is 16.6. The van der Waals surface area contributed by atoms with Gasteiger partial charge < -0.3 is 9.84 Å². The monoisotopic (exact) mass is 418 g/mol. The highest BCUT2D eigenvalue weighted by Crippen LogP contribution is 2.22. The van der Waals surface area contributed by atoms with Crippen LogP contribution in [0.15, 0.2) is 51.9 Å². The summed E-state index contributed by atoms with van der Waals surface area (Å²) in [7, 11) is -4.02. The van der Waals surface area contributed by atoms with Gasteiger partial charge in [0.25, 0.3) is 15.9 Å². The first-order valence-electron chi connectivity index (χ1n) is 8.66. The number of amides is 1. The van der Waals surface area contributed by atoms with E-state index in [1.807, 2.05) is 0 Å². The zero-order valence-corrected chi connectivity index (χ0v) is 16.7. The fraction of sp³-hybridized carbons (Fsp3) is 0.211. The average Bonchev–Trinajstić information content (AvgIpc) is 3.10. The van der Waals surface area contributed by atoms with Crippen LogP contribution < -0.4 is 10.0 Å². The van der Waals surface area contributed by atoms with E-state index in [4.69, 9.17) is 4.52 Å². The van der Waals surface area contributed by atoms with Crippen molar-refractivity contribution in [1.82, 2.24) is 15.5 Å². The molecule has 0 bridgehead atoms. The highest BCUT2D eigenvalue weighted by molar-refractivity contribution is 7.92.